The van der Waals surface area contributed by atoms with E-state index >= 15 is 0 Å². The van der Waals surface area contributed by atoms with Crippen LogP contribution in [0.3, 0.4) is 0 Å². The number of aliphatic hydroxyl groups is 1. The number of hydrogen-bond donors (Lipinski definition) is 3. The largest absolute Gasteiger partial charge is 0.493 e. The highest BCUT2D eigenvalue weighted by molar-refractivity contribution is 5.93. The number of nitrogens with one attached hydrogen (secondary N) is 2. The van der Waals surface area contributed by atoms with E-state index in [-0.39, 0.29) is 30.4 Å². The number of hydrazine groups is 2. The quantitative estimate of drug-likeness (QED) is 0.366. The smallest absolute Gasteiger partial charge is 0.330 e. The average molecular weight is 590 g/mol. The lowest BCUT2D eigenvalue weighted by Gasteiger charge is -2.25. The number of benzene rings is 2. The average Bonchev–Trinajstić information content (AvgIpc) is 3.22. The first kappa shape index (κ1) is 29.8. The number of rotatable bonds is 8. The van der Waals surface area contributed by atoms with Crippen LogP contribution in [0, 0.1) is 20.8 Å². The first-order chi connectivity index (χ1) is 20.5. The van der Waals surface area contributed by atoms with Crippen molar-refractivity contribution in [1.82, 2.24) is 30.0 Å². The molecule has 228 valence electrons. The lowest BCUT2D eigenvalue weighted by molar-refractivity contribution is -0.119. The second kappa shape index (κ2) is 11.9. The number of carbonyl (C=O) groups is 1. The Kier molecular flexibility index (Phi) is 8.23. The maximum absolute atomic E-state index is 14.1. The van der Waals surface area contributed by atoms with Crippen molar-refractivity contribution in [2.45, 2.75) is 47.2 Å². The number of likely N-dealkylation sites (N-methyl/N-ethyl adjacent to an activating group) is 1. The minimum atomic E-state index is -0.467. The zero-order valence-corrected chi connectivity index (χ0v) is 25.7. The second-order valence-electron chi connectivity index (χ2n) is 10.8. The molecule has 3 aromatic rings. The Morgan fingerprint density at radius 3 is 2.42 bits per heavy atom. The monoisotopic (exact) mass is 589 g/mol. The summed E-state index contributed by atoms with van der Waals surface area (Å²) in [4.78, 5) is 32.0. The number of hydrogen-bond acceptors (Lipinski definition) is 9. The number of fused-ring (bicyclic) bond motifs is 3. The molecule has 0 bridgehead atoms. The molecular weight excluding hydrogens is 550 g/mol. The summed E-state index contributed by atoms with van der Waals surface area (Å²) in [5, 5.41) is 15.9. The van der Waals surface area contributed by atoms with E-state index in [1.54, 1.807) is 30.3 Å². The summed E-state index contributed by atoms with van der Waals surface area (Å²) in [7, 11) is 4.83. The van der Waals surface area contributed by atoms with Crippen LogP contribution in [0.15, 0.2) is 51.7 Å². The van der Waals surface area contributed by atoms with Gasteiger partial charge in [-0.25, -0.2) is 9.79 Å². The number of aliphatic hydroxyl groups excluding tert-OH is 1. The van der Waals surface area contributed by atoms with E-state index < -0.39 is 5.91 Å². The van der Waals surface area contributed by atoms with Crippen LogP contribution >= 0.6 is 0 Å². The van der Waals surface area contributed by atoms with Gasteiger partial charge in [-0.05, 0) is 62.9 Å². The van der Waals surface area contributed by atoms with E-state index in [4.69, 9.17) is 14.5 Å². The highest BCUT2D eigenvalue weighted by Gasteiger charge is 2.29. The van der Waals surface area contributed by atoms with Gasteiger partial charge in [0.05, 0.1) is 25.1 Å². The number of carbonyl (C=O) groups excluding carboxylic acids is 1. The van der Waals surface area contributed by atoms with Gasteiger partial charge in [-0.3, -0.25) is 23.9 Å². The third kappa shape index (κ3) is 5.57. The van der Waals surface area contributed by atoms with Gasteiger partial charge in [-0.15, -0.1) is 5.53 Å². The molecule has 12 nitrogen and oxygen atoms in total. The highest BCUT2D eigenvalue weighted by Crippen LogP contribution is 2.37. The Morgan fingerprint density at radius 2 is 1.79 bits per heavy atom. The Balaban J connectivity index is 1.61. The first-order valence-electron chi connectivity index (χ1n) is 14.3. The lowest BCUT2D eigenvalue weighted by atomic mass is 9.97. The Bertz CT molecular complexity index is 1730. The van der Waals surface area contributed by atoms with E-state index in [1.807, 2.05) is 45.9 Å². The summed E-state index contributed by atoms with van der Waals surface area (Å²) in [6.07, 6.45) is 0.649. The molecule has 12 heteroatoms. The van der Waals surface area contributed by atoms with Crippen molar-refractivity contribution in [2.75, 3.05) is 34.4 Å². The molecule has 1 aromatic heterocycles. The Labute approximate surface area is 250 Å². The summed E-state index contributed by atoms with van der Waals surface area (Å²) in [5.74, 6) is 0.612. The minimum Gasteiger partial charge on any atom is -0.493 e. The topological polar surface area (TPSA) is 126 Å². The van der Waals surface area contributed by atoms with Crippen molar-refractivity contribution in [3.63, 3.8) is 0 Å². The molecular formula is C31H39N7O5. The number of aromatic nitrogens is 2. The minimum absolute atomic E-state index is 0.0856. The van der Waals surface area contributed by atoms with Crippen molar-refractivity contribution < 1.29 is 19.4 Å². The highest BCUT2D eigenvalue weighted by atomic mass is 16.5. The van der Waals surface area contributed by atoms with Gasteiger partial charge < -0.3 is 19.9 Å². The van der Waals surface area contributed by atoms with Crippen molar-refractivity contribution in [1.29, 1.82) is 0 Å². The molecule has 0 radical (unpaired) electrons. The summed E-state index contributed by atoms with van der Waals surface area (Å²) in [5.41, 5.74) is 9.78. The molecule has 3 heterocycles. The molecule has 0 aliphatic carbocycles. The first-order valence-corrected chi connectivity index (χ1v) is 14.3. The molecule has 5 rings (SSSR count). The molecule has 3 N–H and O–H groups in total. The van der Waals surface area contributed by atoms with Crippen LogP contribution in [0.4, 0.5) is 5.69 Å². The molecule has 2 aliphatic rings. The van der Waals surface area contributed by atoms with Crippen LogP contribution in [0.1, 0.15) is 29.2 Å². The molecule has 0 saturated carbocycles. The van der Waals surface area contributed by atoms with E-state index in [1.165, 1.54) is 10.0 Å². The summed E-state index contributed by atoms with van der Waals surface area (Å²) in [6, 6.07) is 9.98. The molecule has 2 aromatic carbocycles. The predicted octanol–water partition coefficient (Wildman–Crippen LogP) is 2.58. The maximum Gasteiger partial charge on any atom is 0.330 e. The van der Waals surface area contributed by atoms with Crippen LogP contribution in [0.2, 0.25) is 0 Å². The van der Waals surface area contributed by atoms with Crippen LogP contribution in [-0.4, -0.2) is 64.5 Å². The van der Waals surface area contributed by atoms with Gasteiger partial charge in [-0.2, -0.15) is 0 Å². The SMILES string of the molecule is CCOc1cc2c(cc1OC)-c1c/c(=N\c3c(C)cc(C)cc3C)n(CCNC(=O)C3=C(O)N(C)NN3C)c(=O)n1CC2. The Hall–Kier alpha value is -4.71. The van der Waals surface area contributed by atoms with Gasteiger partial charge in [0.1, 0.15) is 5.49 Å². The predicted molar refractivity (Wildman–Crippen MR) is 163 cm³/mol. The molecule has 0 spiro atoms. The van der Waals surface area contributed by atoms with Gasteiger partial charge in [0.25, 0.3) is 5.91 Å². The maximum atomic E-state index is 14.1. The second-order valence-corrected chi connectivity index (χ2v) is 10.8. The Morgan fingerprint density at radius 1 is 1.07 bits per heavy atom. The molecule has 43 heavy (non-hydrogen) atoms. The van der Waals surface area contributed by atoms with E-state index in [9.17, 15) is 14.7 Å². The summed E-state index contributed by atoms with van der Waals surface area (Å²) < 4.78 is 14.8. The molecule has 1 amide bonds. The van der Waals surface area contributed by atoms with Crippen molar-refractivity contribution in [2.24, 2.45) is 4.99 Å². The van der Waals surface area contributed by atoms with E-state index in [2.05, 4.69) is 23.0 Å². The van der Waals surface area contributed by atoms with Crippen LogP contribution in [0.5, 0.6) is 11.5 Å². The molecule has 0 saturated heterocycles. The molecule has 2 aliphatic heterocycles. The van der Waals surface area contributed by atoms with E-state index in [0.29, 0.717) is 36.6 Å². The van der Waals surface area contributed by atoms with Crippen molar-refractivity contribution >= 4 is 11.6 Å². The van der Waals surface area contributed by atoms with Gasteiger partial charge in [-0.1, -0.05) is 17.7 Å². The van der Waals surface area contributed by atoms with E-state index in [0.717, 1.165) is 39.2 Å². The van der Waals surface area contributed by atoms with Gasteiger partial charge >= 0.3 is 5.69 Å². The molecule has 0 unspecified atom stereocenters. The number of nitrogens with zero attached hydrogens (tertiary/aromatic N) is 5. The molecule has 0 atom stereocenters. The lowest BCUT2D eigenvalue weighted by Crippen LogP contribution is -2.45. The number of methoxy groups -OCH3 is 1. The van der Waals surface area contributed by atoms with Gasteiger partial charge in [0, 0.05) is 45.4 Å². The van der Waals surface area contributed by atoms with Gasteiger partial charge in [0.2, 0.25) is 5.88 Å². The number of amides is 1. The third-order valence-electron chi connectivity index (χ3n) is 7.73. The standard InChI is InChI=1S/C31H39N7O5/c1-8-43-25-15-21-9-11-37-23(22(21)16-24(25)42-7)17-26(33-27-19(3)13-18(2)14-20(27)4)38(31(37)41)12-10-32-29(39)28-30(40)36(6)34-35(28)5/h13-17,34,40H,8-12H2,1-7H3,(H,32,39)/b33-26+. The van der Waals surface area contributed by atoms with Crippen molar-refractivity contribution in [3.8, 4) is 22.8 Å². The summed E-state index contributed by atoms with van der Waals surface area (Å²) >= 11 is 0. The van der Waals surface area contributed by atoms with Gasteiger partial charge in [0.15, 0.2) is 17.2 Å². The van der Waals surface area contributed by atoms with Crippen LogP contribution < -0.4 is 31.5 Å². The third-order valence-corrected chi connectivity index (χ3v) is 7.73. The van der Waals surface area contributed by atoms with Crippen LogP contribution in [-0.2, 0) is 24.3 Å². The summed E-state index contributed by atoms with van der Waals surface area (Å²) in [6.45, 7) is 9.30. The fraction of sp³-hybridized carbons (Fsp3) is 0.387. The fourth-order valence-electron chi connectivity index (χ4n) is 5.79. The normalized spacial score (nSPS) is 14.6. The molecule has 0 fully saturated rings. The zero-order chi connectivity index (χ0) is 31.0. The van der Waals surface area contributed by atoms with Crippen LogP contribution in [0.25, 0.3) is 11.3 Å². The fourth-order valence-corrected chi connectivity index (χ4v) is 5.79. The zero-order valence-electron chi connectivity index (χ0n) is 25.7. The van der Waals surface area contributed by atoms with Crippen molar-refractivity contribution in [3.05, 3.63) is 80.1 Å². The number of aryl methyl sites for hydroxylation is 4. The number of ether oxygens (including phenoxy) is 2.